The molecule has 0 atom stereocenters. The molecule has 1 aliphatic heterocycles. The van der Waals surface area contributed by atoms with Crippen LogP contribution in [0.15, 0.2) is 53.4 Å². The third-order valence-corrected chi connectivity index (χ3v) is 6.71. The predicted molar refractivity (Wildman–Crippen MR) is 104 cm³/mol. The van der Waals surface area contributed by atoms with Crippen LogP contribution in [0, 0.1) is 0 Å². The average Bonchev–Trinajstić information content (AvgIpc) is 2.70. The second-order valence-corrected chi connectivity index (χ2v) is 8.50. The van der Waals surface area contributed by atoms with Crippen LogP contribution in [-0.4, -0.2) is 52.6 Å². The lowest BCUT2D eigenvalue weighted by atomic mass is 10.1. The zero-order valence-electron chi connectivity index (χ0n) is 15.8. The van der Waals surface area contributed by atoms with Gasteiger partial charge < -0.3 is 14.4 Å². The van der Waals surface area contributed by atoms with E-state index < -0.39 is 10.0 Å². The van der Waals surface area contributed by atoms with Gasteiger partial charge >= 0.3 is 0 Å². The van der Waals surface area contributed by atoms with Gasteiger partial charge in [0.1, 0.15) is 6.54 Å². The van der Waals surface area contributed by atoms with Gasteiger partial charge in [-0.1, -0.05) is 18.2 Å². The Morgan fingerprint density at radius 1 is 1.04 bits per heavy atom. The molecule has 2 aromatic carbocycles. The average molecular weight is 392 g/mol. The summed E-state index contributed by atoms with van der Waals surface area (Å²) in [7, 11) is -1.76. The number of benzene rings is 2. The van der Waals surface area contributed by atoms with Crippen LogP contribution < -0.4 is 14.4 Å². The number of ether oxygens (including phenoxy) is 2. The molecule has 0 unspecified atom stereocenters. The Labute approximate surface area is 161 Å². The maximum atomic E-state index is 12.7. The Bertz CT molecular complexity index is 848. The van der Waals surface area contributed by atoms with Crippen LogP contribution in [0.1, 0.15) is 12.5 Å². The summed E-state index contributed by atoms with van der Waals surface area (Å²) in [6, 6.07) is 14.6. The van der Waals surface area contributed by atoms with E-state index in [2.05, 4.69) is 0 Å². The number of methoxy groups -OCH3 is 1. The monoisotopic (exact) mass is 391 g/mol. The van der Waals surface area contributed by atoms with Crippen LogP contribution >= 0.6 is 0 Å². The summed E-state index contributed by atoms with van der Waals surface area (Å²) < 4.78 is 38.0. The normalized spacial score (nSPS) is 16.2. The number of nitrogens with zero attached hydrogens (tertiary/aromatic N) is 1. The van der Waals surface area contributed by atoms with Gasteiger partial charge in [-0.25, -0.2) is 8.42 Å². The van der Waals surface area contributed by atoms with Crippen molar-refractivity contribution in [3.8, 4) is 11.5 Å². The highest BCUT2D eigenvalue weighted by Crippen LogP contribution is 2.27. The molecule has 0 aliphatic carbocycles. The van der Waals surface area contributed by atoms with Crippen molar-refractivity contribution in [2.75, 3.05) is 39.9 Å². The largest absolute Gasteiger partial charge is 0.493 e. The van der Waals surface area contributed by atoms with E-state index in [9.17, 15) is 8.42 Å². The van der Waals surface area contributed by atoms with Crippen LogP contribution in [0.5, 0.6) is 11.5 Å². The first-order valence-corrected chi connectivity index (χ1v) is 10.7. The Morgan fingerprint density at radius 3 is 2.37 bits per heavy atom. The molecular weight excluding hydrogens is 364 g/mol. The van der Waals surface area contributed by atoms with Crippen LogP contribution in [0.2, 0.25) is 0 Å². The fraction of sp³-hybridized carbons (Fsp3) is 0.400. The van der Waals surface area contributed by atoms with Crippen molar-refractivity contribution in [3.05, 3.63) is 54.1 Å². The Morgan fingerprint density at radius 2 is 1.74 bits per heavy atom. The maximum absolute atomic E-state index is 12.7. The Kier molecular flexibility index (Phi) is 6.36. The van der Waals surface area contributed by atoms with E-state index in [-0.39, 0.29) is 0 Å². The first kappa shape index (κ1) is 19.7. The van der Waals surface area contributed by atoms with Crippen LogP contribution in [-0.2, 0) is 16.6 Å². The topological polar surface area (TPSA) is 60.3 Å². The summed E-state index contributed by atoms with van der Waals surface area (Å²) in [6.07, 6.45) is 0. The van der Waals surface area contributed by atoms with Gasteiger partial charge in [0, 0.05) is 5.56 Å². The third kappa shape index (κ3) is 4.61. The molecule has 0 bridgehead atoms. The summed E-state index contributed by atoms with van der Waals surface area (Å²) in [5, 5.41) is 0. The fourth-order valence-electron chi connectivity index (χ4n) is 3.35. The SMILES string of the molecule is CCOc1cc(C[NH+]2CCN(S(=O)(=O)c3ccccc3)CC2)ccc1OC. The molecule has 6 nitrogen and oxygen atoms in total. The lowest BCUT2D eigenvalue weighted by Gasteiger charge is -2.31. The summed E-state index contributed by atoms with van der Waals surface area (Å²) in [6.45, 7) is 5.99. The van der Waals surface area contributed by atoms with E-state index in [0.717, 1.165) is 36.7 Å². The van der Waals surface area contributed by atoms with E-state index in [1.807, 2.05) is 31.2 Å². The van der Waals surface area contributed by atoms with E-state index in [0.29, 0.717) is 24.6 Å². The standard InChI is InChI=1S/C20H26N2O4S/c1-3-26-20-15-17(9-10-19(20)25-2)16-21-11-13-22(14-12-21)27(23,24)18-7-5-4-6-8-18/h4-10,15H,3,11-14,16H2,1-2H3/p+1. The second kappa shape index (κ2) is 8.73. The van der Waals surface area contributed by atoms with E-state index >= 15 is 0 Å². The number of piperazine rings is 1. The molecule has 7 heteroatoms. The Hall–Kier alpha value is -2.09. The number of sulfonamides is 1. The maximum Gasteiger partial charge on any atom is 0.243 e. The molecule has 2 aromatic rings. The summed E-state index contributed by atoms with van der Waals surface area (Å²) in [5.41, 5.74) is 1.16. The highest BCUT2D eigenvalue weighted by molar-refractivity contribution is 7.89. The fourth-order valence-corrected chi connectivity index (χ4v) is 4.81. The van der Waals surface area contributed by atoms with Gasteiger partial charge in [-0.05, 0) is 37.3 Å². The summed E-state index contributed by atoms with van der Waals surface area (Å²) >= 11 is 0. The minimum Gasteiger partial charge on any atom is -0.493 e. The minimum absolute atomic E-state index is 0.366. The van der Waals surface area contributed by atoms with Crippen molar-refractivity contribution in [1.82, 2.24) is 4.31 Å². The van der Waals surface area contributed by atoms with Crippen molar-refractivity contribution in [1.29, 1.82) is 0 Å². The van der Waals surface area contributed by atoms with Crippen LogP contribution in [0.4, 0.5) is 0 Å². The van der Waals surface area contributed by atoms with Crippen molar-refractivity contribution in [2.45, 2.75) is 18.4 Å². The van der Waals surface area contributed by atoms with Gasteiger partial charge in [-0.3, -0.25) is 0 Å². The first-order valence-electron chi connectivity index (χ1n) is 9.23. The lowest BCUT2D eigenvalue weighted by Crippen LogP contribution is -3.13. The molecule has 0 saturated carbocycles. The molecule has 1 aliphatic rings. The van der Waals surface area contributed by atoms with Crippen LogP contribution in [0.25, 0.3) is 0 Å². The van der Waals surface area contributed by atoms with Crippen molar-refractivity contribution < 1.29 is 22.8 Å². The summed E-state index contributed by atoms with van der Waals surface area (Å²) in [5.74, 6) is 1.48. The number of nitrogens with one attached hydrogen (secondary N) is 1. The highest BCUT2D eigenvalue weighted by atomic mass is 32.2. The van der Waals surface area contributed by atoms with Crippen molar-refractivity contribution >= 4 is 10.0 Å². The van der Waals surface area contributed by atoms with E-state index in [1.165, 1.54) is 4.90 Å². The summed E-state index contributed by atoms with van der Waals surface area (Å²) in [4.78, 5) is 1.73. The highest BCUT2D eigenvalue weighted by Gasteiger charge is 2.30. The van der Waals surface area contributed by atoms with Gasteiger partial charge in [0.15, 0.2) is 11.5 Å². The van der Waals surface area contributed by atoms with Gasteiger partial charge in [-0.15, -0.1) is 0 Å². The zero-order valence-corrected chi connectivity index (χ0v) is 16.7. The van der Waals surface area contributed by atoms with Crippen LogP contribution in [0.3, 0.4) is 0 Å². The molecule has 1 N–H and O–H groups in total. The molecule has 27 heavy (non-hydrogen) atoms. The van der Waals surface area contributed by atoms with Crippen molar-refractivity contribution in [2.24, 2.45) is 0 Å². The van der Waals surface area contributed by atoms with Gasteiger partial charge in [0.05, 0.1) is 44.8 Å². The predicted octanol–water partition coefficient (Wildman–Crippen LogP) is 1.18. The number of rotatable bonds is 7. The van der Waals surface area contributed by atoms with Crippen molar-refractivity contribution in [3.63, 3.8) is 0 Å². The molecule has 0 aromatic heterocycles. The molecule has 1 heterocycles. The molecule has 1 saturated heterocycles. The molecular formula is C20H27N2O4S+. The quantitative estimate of drug-likeness (QED) is 0.770. The van der Waals surface area contributed by atoms with Gasteiger partial charge in [0.2, 0.25) is 10.0 Å². The van der Waals surface area contributed by atoms with E-state index in [1.54, 1.807) is 35.7 Å². The number of hydrogen-bond donors (Lipinski definition) is 1. The molecule has 3 rings (SSSR count). The third-order valence-electron chi connectivity index (χ3n) is 4.79. The molecule has 0 radical (unpaired) electrons. The zero-order chi connectivity index (χ0) is 19.3. The molecule has 146 valence electrons. The Balaban J connectivity index is 1.62. The van der Waals surface area contributed by atoms with Gasteiger partial charge in [-0.2, -0.15) is 4.31 Å². The lowest BCUT2D eigenvalue weighted by molar-refractivity contribution is -0.917. The minimum atomic E-state index is -3.40. The molecule has 0 spiro atoms. The van der Waals surface area contributed by atoms with Gasteiger partial charge in [0.25, 0.3) is 0 Å². The smallest absolute Gasteiger partial charge is 0.243 e. The molecule has 1 fully saturated rings. The molecule has 0 amide bonds. The number of quaternary nitrogens is 1. The first-order chi connectivity index (χ1) is 13.0. The second-order valence-electron chi connectivity index (χ2n) is 6.56. The van der Waals surface area contributed by atoms with E-state index in [4.69, 9.17) is 9.47 Å². The number of hydrogen-bond acceptors (Lipinski definition) is 4.